The third-order valence-corrected chi connectivity index (χ3v) is 6.46. The Labute approximate surface area is 195 Å². The van der Waals surface area contributed by atoms with Crippen molar-refractivity contribution in [3.8, 4) is 11.3 Å². The molecule has 2 saturated heterocycles. The lowest BCUT2D eigenvalue weighted by Gasteiger charge is -2.28. The van der Waals surface area contributed by atoms with Gasteiger partial charge in [0.25, 0.3) is 0 Å². The summed E-state index contributed by atoms with van der Waals surface area (Å²) in [5, 5.41) is 3.29. The lowest BCUT2D eigenvalue weighted by molar-refractivity contribution is -0.120. The first-order valence-corrected chi connectivity index (χ1v) is 11.8. The molecule has 0 saturated carbocycles. The SMILES string of the molecule is O=C(Cc1ccc(-c2ccnc(Cc3ccc(N4CCOCC4)cc3)n2)cc1)[C@H]1CCCN1. The van der Waals surface area contributed by atoms with E-state index in [1.807, 2.05) is 36.5 Å². The van der Waals surface area contributed by atoms with Crippen LogP contribution in [0.1, 0.15) is 29.8 Å². The number of hydrogen-bond acceptors (Lipinski definition) is 6. The van der Waals surface area contributed by atoms with Crippen molar-refractivity contribution in [1.82, 2.24) is 15.3 Å². The molecule has 0 unspecified atom stereocenters. The molecule has 2 aromatic carbocycles. The fourth-order valence-corrected chi connectivity index (χ4v) is 4.55. The summed E-state index contributed by atoms with van der Waals surface area (Å²) in [5.74, 6) is 1.09. The normalized spacial score (nSPS) is 18.4. The monoisotopic (exact) mass is 442 g/mol. The lowest BCUT2D eigenvalue weighted by atomic mass is 10.0. The number of aromatic nitrogens is 2. The van der Waals surface area contributed by atoms with Crippen molar-refractivity contribution < 1.29 is 9.53 Å². The van der Waals surface area contributed by atoms with Gasteiger partial charge in [0.05, 0.1) is 24.9 Å². The second-order valence-corrected chi connectivity index (χ2v) is 8.79. The van der Waals surface area contributed by atoms with Gasteiger partial charge in [-0.05, 0) is 48.7 Å². The van der Waals surface area contributed by atoms with Gasteiger partial charge in [-0.3, -0.25) is 4.79 Å². The minimum absolute atomic E-state index is 0.0250. The topological polar surface area (TPSA) is 67.4 Å². The van der Waals surface area contributed by atoms with Crippen LogP contribution in [-0.4, -0.2) is 54.6 Å². The first-order valence-electron chi connectivity index (χ1n) is 11.8. The van der Waals surface area contributed by atoms with Crippen LogP contribution < -0.4 is 10.2 Å². The first-order chi connectivity index (χ1) is 16.2. The van der Waals surface area contributed by atoms with E-state index >= 15 is 0 Å². The molecule has 0 radical (unpaired) electrons. The predicted molar refractivity (Wildman–Crippen MR) is 129 cm³/mol. The van der Waals surface area contributed by atoms with E-state index in [4.69, 9.17) is 9.72 Å². The van der Waals surface area contributed by atoms with E-state index in [1.54, 1.807) is 0 Å². The van der Waals surface area contributed by atoms with Crippen LogP contribution in [0.5, 0.6) is 0 Å². The van der Waals surface area contributed by atoms with Crippen LogP contribution >= 0.6 is 0 Å². The van der Waals surface area contributed by atoms with Gasteiger partial charge in [-0.2, -0.15) is 0 Å². The molecule has 0 spiro atoms. The Morgan fingerprint density at radius 1 is 1.00 bits per heavy atom. The van der Waals surface area contributed by atoms with E-state index in [2.05, 4.69) is 39.5 Å². The Morgan fingerprint density at radius 2 is 1.76 bits per heavy atom. The van der Waals surface area contributed by atoms with Gasteiger partial charge in [-0.25, -0.2) is 9.97 Å². The number of nitrogens with zero attached hydrogens (tertiary/aromatic N) is 3. The maximum Gasteiger partial charge on any atom is 0.154 e. The lowest BCUT2D eigenvalue weighted by Crippen LogP contribution is -2.36. The summed E-state index contributed by atoms with van der Waals surface area (Å²) in [6, 6.07) is 18.8. The van der Waals surface area contributed by atoms with Crippen LogP contribution in [0.3, 0.4) is 0 Å². The molecule has 0 amide bonds. The average Bonchev–Trinajstić information content (AvgIpc) is 3.41. The summed E-state index contributed by atoms with van der Waals surface area (Å²) in [4.78, 5) is 24.0. The number of benzene rings is 2. The highest BCUT2D eigenvalue weighted by molar-refractivity contribution is 5.86. The zero-order valence-electron chi connectivity index (χ0n) is 18.9. The van der Waals surface area contributed by atoms with Crippen molar-refractivity contribution in [3.05, 3.63) is 77.7 Å². The molecule has 6 nitrogen and oxygen atoms in total. The van der Waals surface area contributed by atoms with Crippen LogP contribution in [0.15, 0.2) is 60.8 Å². The van der Waals surface area contributed by atoms with Crippen molar-refractivity contribution in [3.63, 3.8) is 0 Å². The molecular weight excluding hydrogens is 412 g/mol. The largest absolute Gasteiger partial charge is 0.378 e. The number of anilines is 1. The first kappa shape index (κ1) is 21.7. The zero-order chi connectivity index (χ0) is 22.5. The van der Waals surface area contributed by atoms with Crippen LogP contribution in [0.4, 0.5) is 5.69 Å². The summed E-state index contributed by atoms with van der Waals surface area (Å²) in [6.45, 7) is 4.40. The van der Waals surface area contributed by atoms with Gasteiger partial charge in [0.1, 0.15) is 5.82 Å². The number of rotatable bonds is 7. The van der Waals surface area contributed by atoms with Crippen LogP contribution in [-0.2, 0) is 22.4 Å². The summed E-state index contributed by atoms with van der Waals surface area (Å²) in [7, 11) is 0. The molecular formula is C27H30N4O2. The molecule has 5 rings (SSSR count). The third-order valence-electron chi connectivity index (χ3n) is 6.46. The van der Waals surface area contributed by atoms with Gasteiger partial charge in [0.15, 0.2) is 5.78 Å². The molecule has 1 aromatic heterocycles. The number of carbonyl (C=O) groups is 1. The van der Waals surface area contributed by atoms with Crippen molar-refractivity contribution in [2.75, 3.05) is 37.7 Å². The maximum absolute atomic E-state index is 12.4. The molecule has 1 atom stereocenters. The fourth-order valence-electron chi connectivity index (χ4n) is 4.55. The second kappa shape index (κ2) is 10.2. The van der Waals surface area contributed by atoms with Crippen molar-refractivity contribution in [2.24, 2.45) is 0 Å². The Hall–Kier alpha value is -3.09. The summed E-state index contributed by atoms with van der Waals surface area (Å²) in [5.41, 5.74) is 5.42. The summed E-state index contributed by atoms with van der Waals surface area (Å²) >= 11 is 0. The number of morpholine rings is 1. The minimum atomic E-state index is 0.0250. The van der Waals surface area contributed by atoms with Crippen LogP contribution in [0.25, 0.3) is 11.3 Å². The van der Waals surface area contributed by atoms with E-state index in [-0.39, 0.29) is 11.8 Å². The van der Waals surface area contributed by atoms with Gasteiger partial charge in [-0.1, -0.05) is 36.4 Å². The Morgan fingerprint density at radius 3 is 2.48 bits per heavy atom. The standard InChI is InChI=1S/C27H30N4O2/c32-26(25-2-1-12-28-25)18-20-3-7-22(8-4-20)24-11-13-29-27(30-24)19-21-5-9-23(10-6-21)31-14-16-33-17-15-31/h3-11,13,25,28H,1-2,12,14-19H2/t25-/m1/s1. The van der Waals surface area contributed by atoms with E-state index in [0.29, 0.717) is 12.8 Å². The smallest absolute Gasteiger partial charge is 0.154 e. The highest BCUT2D eigenvalue weighted by Gasteiger charge is 2.21. The van der Waals surface area contributed by atoms with Gasteiger partial charge in [0, 0.05) is 43.4 Å². The molecule has 0 aliphatic carbocycles. The molecule has 33 heavy (non-hydrogen) atoms. The molecule has 2 fully saturated rings. The molecule has 170 valence electrons. The Balaban J connectivity index is 1.23. The number of Topliss-reactive ketones (excluding diaryl/α,β-unsaturated/α-hetero) is 1. The number of nitrogens with one attached hydrogen (secondary N) is 1. The number of carbonyl (C=O) groups excluding carboxylic acids is 1. The second-order valence-electron chi connectivity index (χ2n) is 8.79. The molecule has 3 aromatic rings. The molecule has 2 aliphatic heterocycles. The number of ketones is 1. The van der Waals surface area contributed by atoms with Crippen LogP contribution in [0, 0.1) is 0 Å². The van der Waals surface area contributed by atoms with Crippen molar-refractivity contribution in [2.45, 2.75) is 31.7 Å². The molecule has 3 heterocycles. The summed E-state index contributed by atoms with van der Waals surface area (Å²) < 4.78 is 5.44. The van der Waals surface area contributed by atoms with E-state index < -0.39 is 0 Å². The number of hydrogen-bond donors (Lipinski definition) is 1. The Bertz CT molecular complexity index is 1070. The van der Waals surface area contributed by atoms with Gasteiger partial charge in [-0.15, -0.1) is 0 Å². The van der Waals surface area contributed by atoms with Gasteiger partial charge >= 0.3 is 0 Å². The van der Waals surface area contributed by atoms with E-state index in [9.17, 15) is 4.79 Å². The predicted octanol–water partition coefficient (Wildman–Crippen LogP) is 3.43. The molecule has 1 N–H and O–H groups in total. The fraction of sp³-hybridized carbons (Fsp3) is 0.370. The minimum Gasteiger partial charge on any atom is -0.378 e. The quantitative estimate of drug-likeness (QED) is 0.605. The maximum atomic E-state index is 12.4. The van der Waals surface area contributed by atoms with E-state index in [1.165, 1.54) is 11.3 Å². The highest BCUT2D eigenvalue weighted by atomic mass is 16.5. The summed E-state index contributed by atoms with van der Waals surface area (Å²) in [6.07, 6.45) is 5.04. The molecule has 0 bridgehead atoms. The zero-order valence-corrected chi connectivity index (χ0v) is 18.9. The van der Waals surface area contributed by atoms with Gasteiger partial charge in [0.2, 0.25) is 0 Å². The average molecular weight is 443 g/mol. The van der Waals surface area contributed by atoms with Crippen LogP contribution in [0.2, 0.25) is 0 Å². The number of ether oxygens (including phenoxy) is 1. The van der Waals surface area contributed by atoms with Crippen molar-refractivity contribution in [1.29, 1.82) is 0 Å². The molecule has 6 heteroatoms. The Kier molecular flexibility index (Phi) is 6.74. The van der Waals surface area contributed by atoms with Crippen molar-refractivity contribution >= 4 is 11.5 Å². The highest BCUT2D eigenvalue weighted by Crippen LogP contribution is 2.21. The van der Waals surface area contributed by atoms with Gasteiger partial charge < -0.3 is 15.0 Å². The van der Waals surface area contributed by atoms with E-state index in [0.717, 1.165) is 68.3 Å². The third kappa shape index (κ3) is 5.46. The molecule has 2 aliphatic rings.